The molecule has 0 saturated carbocycles. The largest absolute Gasteiger partial charge is 0.389 e. The molecule has 0 saturated heterocycles. The van der Waals surface area contributed by atoms with Crippen molar-refractivity contribution in [2.75, 3.05) is 25.4 Å². The van der Waals surface area contributed by atoms with Gasteiger partial charge in [0.1, 0.15) is 0 Å². The van der Waals surface area contributed by atoms with E-state index in [9.17, 15) is 21.6 Å². The molecule has 0 aliphatic rings. The molecule has 19 heavy (non-hydrogen) atoms. The fourth-order valence-corrected chi connectivity index (χ4v) is 2.56. The van der Waals surface area contributed by atoms with Crippen LogP contribution in [-0.2, 0) is 10.0 Å². The predicted molar refractivity (Wildman–Crippen MR) is 69.5 cm³/mol. The van der Waals surface area contributed by atoms with Crippen LogP contribution >= 0.6 is 0 Å². The van der Waals surface area contributed by atoms with Crippen LogP contribution in [-0.4, -0.2) is 40.0 Å². The van der Waals surface area contributed by atoms with Crippen molar-refractivity contribution in [2.45, 2.75) is 45.2 Å². The molecule has 0 bridgehead atoms. The molecular weight excluding hydrogens is 281 g/mol. The zero-order chi connectivity index (χ0) is 14.8. The molecule has 2 N–H and O–H groups in total. The van der Waals surface area contributed by atoms with Crippen molar-refractivity contribution in [2.24, 2.45) is 0 Å². The third kappa shape index (κ3) is 13.9. The Morgan fingerprint density at radius 1 is 1.00 bits per heavy atom. The maximum absolute atomic E-state index is 11.8. The molecule has 4 nitrogen and oxygen atoms in total. The maximum Gasteiger partial charge on any atom is 0.389 e. The Kier molecular flexibility index (Phi) is 9.38. The fraction of sp³-hybridized carbons (Fsp3) is 1.00. The minimum atomic E-state index is -4.16. The Labute approximate surface area is 113 Å². The van der Waals surface area contributed by atoms with E-state index in [0.717, 1.165) is 13.0 Å². The number of sulfonamides is 1. The van der Waals surface area contributed by atoms with Gasteiger partial charge in [0.15, 0.2) is 0 Å². The summed E-state index contributed by atoms with van der Waals surface area (Å²) in [6.07, 6.45) is -3.39. The van der Waals surface area contributed by atoms with Gasteiger partial charge in [-0.1, -0.05) is 6.92 Å². The Bertz CT molecular complexity index is 318. The third-order valence-corrected chi connectivity index (χ3v) is 3.87. The first-order valence-corrected chi connectivity index (χ1v) is 8.17. The van der Waals surface area contributed by atoms with Crippen molar-refractivity contribution < 1.29 is 21.6 Å². The highest BCUT2D eigenvalue weighted by molar-refractivity contribution is 7.89. The summed E-state index contributed by atoms with van der Waals surface area (Å²) in [6.45, 7) is 3.57. The van der Waals surface area contributed by atoms with E-state index in [0.29, 0.717) is 13.0 Å². The quantitative estimate of drug-likeness (QED) is 0.574. The molecule has 0 atom stereocenters. The van der Waals surface area contributed by atoms with Gasteiger partial charge < -0.3 is 5.32 Å². The number of rotatable bonds is 11. The lowest BCUT2D eigenvalue weighted by atomic mass is 10.2. The van der Waals surface area contributed by atoms with Crippen LogP contribution in [0.15, 0.2) is 0 Å². The first-order chi connectivity index (χ1) is 8.77. The highest BCUT2D eigenvalue weighted by atomic mass is 32.2. The van der Waals surface area contributed by atoms with Crippen molar-refractivity contribution in [1.82, 2.24) is 10.0 Å². The molecule has 0 aromatic rings. The van der Waals surface area contributed by atoms with Crippen LogP contribution in [0.5, 0.6) is 0 Å². The molecule has 0 rings (SSSR count). The zero-order valence-electron chi connectivity index (χ0n) is 11.2. The Hall–Kier alpha value is -0.340. The van der Waals surface area contributed by atoms with E-state index in [1.54, 1.807) is 0 Å². The molecule has 0 aliphatic heterocycles. The summed E-state index contributed by atoms with van der Waals surface area (Å²) in [5.41, 5.74) is 0. The minimum Gasteiger partial charge on any atom is -0.317 e. The standard InChI is InChI=1S/C11H23F3N2O2S/c1-2-7-15-8-5-10-19(17,18)16-9-4-3-6-11(12,13)14/h15-16H,2-10H2,1H3. The van der Waals surface area contributed by atoms with E-state index < -0.39 is 22.6 Å². The van der Waals surface area contributed by atoms with Crippen LogP contribution in [0.25, 0.3) is 0 Å². The van der Waals surface area contributed by atoms with E-state index in [1.807, 2.05) is 6.92 Å². The Morgan fingerprint density at radius 2 is 1.68 bits per heavy atom. The second-order valence-corrected chi connectivity index (χ2v) is 6.32. The van der Waals surface area contributed by atoms with Crippen molar-refractivity contribution in [3.8, 4) is 0 Å². The molecule has 8 heteroatoms. The topological polar surface area (TPSA) is 58.2 Å². The van der Waals surface area contributed by atoms with Gasteiger partial charge in [-0.15, -0.1) is 0 Å². The summed E-state index contributed by atoms with van der Waals surface area (Å²) >= 11 is 0. The molecule has 0 aromatic carbocycles. The summed E-state index contributed by atoms with van der Waals surface area (Å²) in [4.78, 5) is 0. The Balaban J connectivity index is 3.57. The molecule has 0 aromatic heterocycles. The van der Waals surface area contributed by atoms with Crippen LogP contribution in [0.3, 0.4) is 0 Å². The lowest BCUT2D eigenvalue weighted by Crippen LogP contribution is -2.29. The van der Waals surface area contributed by atoms with Gasteiger partial charge in [-0.3, -0.25) is 0 Å². The summed E-state index contributed by atoms with van der Waals surface area (Å²) in [5, 5.41) is 3.08. The number of hydrogen-bond donors (Lipinski definition) is 2. The number of hydrogen-bond acceptors (Lipinski definition) is 3. The molecule has 0 spiro atoms. The lowest BCUT2D eigenvalue weighted by Gasteiger charge is -2.08. The third-order valence-electron chi connectivity index (χ3n) is 2.40. The number of unbranched alkanes of at least 4 members (excludes halogenated alkanes) is 1. The zero-order valence-corrected chi connectivity index (χ0v) is 12.0. The van der Waals surface area contributed by atoms with Crippen LogP contribution in [0.2, 0.25) is 0 Å². The summed E-state index contributed by atoms with van der Waals surface area (Å²) in [5.74, 6) is 0.00296. The van der Waals surface area contributed by atoms with Gasteiger partial charge in [0.05, 0.1) is 5.75 Å². The van der Waals surface area contributed by atoms with E-state index >= 15 is 0 Å². The fourth-order valence-electron chi connectivity index (χ4n) is 1.44. The second-order valence-electron chi connectivity index (χ2n) is 4.39. The first kappa shape index (κ1) is 18.7. The van der Waals surface area contributed by atoms with E-state index in [2.05, 4.69) is 10.0 Å². The van der Waals surface area contributed by atoms with Crippen molar-refractivity contribution >= 4 is 10.0 Å². The van der Waals surface area contributed by atoms with E-state index in [-0.39, 0.29) is 25.1 Å². The lowest BCUT2D eigenvalue weighted by molar-refractivity contribution is -0.135. The van der Waals surface area contributed by atoms with Gasteiger partial charge >= 0.3 is 6.18 Å². The average Bonchev–Trinajstić information content (AvgIpc) is 2.26. The van der Waals surface area contributed by atoms with E-state index in [4.69, 9.17) is 0 Å². The molecule has 0 radical (unpaired) electrons. The molecule has 0 heterocycles. The minimum absolute atomic E-state index is 0.00296. The average molecular weight is 304 g/mol. The van der Waals surface area contributed by atoms with Gasteiger partial charge in [0.2, 0.25) is 10.0 Å². The molecular formula is C11H23F3N2O2S. The summed E-state index contributed by atoms with van der Waals surface area (Å²) < 4.78 is 60.8. The van der Waals surface area contributed by atoms with Gasteiger partial charge in [0, 0.05) is 13.0 Å². The molecule has 0 unspecified atom stereocenters. The van der Waals surface area contributed by atoms with Crippen LogP contribution in [0.4, 0.5) is 13.2 Å². The maximum atomic E-state index is 11.8. The van der Waals surface area contributed by atoms with Crippen LogP contribution in [0.1, 0.15) is 39.0 Å². The number of halogens is 3. The SMILES string of the molecule is CCCNCCCS(=O)(=O)NCCCCC(F)(F)F. The first-order valence-electron chi connectivity index (χ1n) is 6.51. The van der Waals surface area contributed by atoms with Gasteiger partial charge in [-0.05, 0) is 38.8 Å². The second kappa shape index (κ2) is 9.55. The smallest absolute Gasteiger partial charge is 0.317 e. The number of alkyl halides is 3. The molecule has 0 fully saturated rings. The number of nitrogens with one attached hydrogen (secondary N) is 2. The van der Waals surface area contributed by atoms with Gasteiger partial charge in [-0.2, -0.15) is 13.2 Å². The molecule has 116 valence electrons. The molecule has 0 amide bonds. The van der Waals surface area contributed by atoms with Crippen molar-refractivity contribution in [1.29, 1.82) is 0 Å². The molecule has 0 aliphatic carbocycles. The van der Waals surface area contributed by atoms with Gasteiger partial charge in [-0.25, -0.2) is 13.1 Å². The van der Waals surface area contributed by atoms with Gasteiger partial charge in [0.25, 0.3) is 0 Å². The normalized spacial score (nSPS) is 12.8. The summed E-state index contributed by atoms with van der Waals surface area (Å²) in [7, 11) is -3.36. The Morgan fingerprint density at radius 3 is 2.26 bits per heavy atom. The highest BCUT2D eigenvalue weighted by Crippen LogP contribution is 2.21. The monoisotopic (exact) mass is 304 g/mol. The van der Waals surface area contributed by atoms with Crippen LogP contribution < -0.4 is 10.0 Å². The van der Waals surface area contributed by atoms with Crippen molar-refractivity contribution in [3.63, 3.8) is 0 Å². The van der Waals surface area contributed by atoms with Crippen molar-refractivity contribution in [3.05, 3.63) is 0 Å². The van der Waals surface area contributed by atoms with Crippen LogP contribution in [0, 0.1) is 0 Å². The predicted octanol–water partition coefficient (Wildman–Crippen LogP) is 2.03. The highest BCUT2D eigenvalue weighted by Gasteiger charge is 2.25. The summed E-state index contributed by atoms with van der Waals surface area (Å²) in [6, 6.07) is 0. The van der Waals surface area contributed by atoms with E-state index in [1.165, 1.54) is 0 Å².